The molecule has 1 atom stereocenters. The van der Waals surface area contributed by atoms with E-state index < -0.39 is 10.0 Å². The first-order valence-electron chi connectivity index (χ1n) is 6.36. The van der Waals surface area contributed by atoms with Crippen LogP contribution in [0.15, 0.2) is 29.2 Å². The predicted octanol–water partition coefficient (Wildman–Crippen LogP) is 2.57. The molecule has 1 unspecified atom stereocenters. The molecule has 0 fully saturated rings. The molecule has 3 nitrogen and oxygen atoms in total. The molecule has 1 rings (SSSR count). The van der Waals surface area contributed by atoms with Gasteiger partial charge in [-0.2, -0.15) is 0 Å². The largest absolute Gasteiger partial charge is 0.240 e. The molecule has 0 aromatic heterocycles. The first kappa shape index (κ1) is 15.7. The van der Waals surface area contributed by atoms with Gasteiger partial charge < -0.3 is 0 Å². The predicted molar refractivity (Wildman–Crippen MR) is 78.1 cm³/mol. The van der Waals surface area contributed by atoms with E-state index in [2.05, 4.69) is 10.6 Å². The number of terminal acetylenes is 1. The molecule has 0 amide bonds. The molecule has 0 heterocycles. The molecule has 0 saturated heterocycles. The van der Waals surface area contributed by atoms with Crippen LogP contribution >= 0.6 is 0 Å². The Hall–Kier alpha value is -1.31. The van der Waals surface area contributed by atoms with E-state index in [0.717, 1.165) is 5.56 Å². The Bertz CT molecular complexity index is 539. The van der Waals surface area contributed by atoms with Crippen molar-refractivity contribution in [3.63, 3.8) is 0 Å². The van der Waals surface area contributed by atoms with Gasteiger partial charge in [0, 0.05) is 13.0 Å². The maximum absolute atomic E-state index is 12.1. The lowest BCUT2D eigenvalue weighted by atomic mass is 9.93. The van der Waals surface area contributed by atoms with Crippen molar-refractivity contribution in [1.82, 2.24) is 4.72 Å². The molecule has 0 aliphatic carbocycles. The van der Waals surface area contributed by atoms with Gasteiger partial charge in [0.15, 0.2) is 0 Å². The Morgan fingerprint density at radius 1 is 1.26 bits per heavy atom. The summed E-state index contributed by atoms with van der Waals surface area (Å²) in [5, 5.41) is 0. The molecule has 4 heteroatoms. The van der Waals surface area contributed by atoms with Crippen LogP contribution in [-0.2, 0) is 10.0 Å². The molecule has 1 N–H and O–H groups in total. The van der Waals surface area contributed by atoms with Crippen molar-refractivity contribution < 1.29 is 8.42 Å². The van der Waals surface area contributed by atoms with Crippen molar-refractivity contribution in [3.05, 3.63) is 29.8 Å². The minimum absolute atomic E-state index is 0.158. The lowest BCUT2D eigenvalue weighted by Crippen LogP contribution is -2.31. The molecule has 0 bridgehead atoms. The summed E-state index contributed by atoms with van der Waals surface area (Å²) >= 11 is 0. The second kappa shape index (κ2) is 6.74. The standard InChI is InChI=1S/C15H21NO2S/c1-5-6-14(12(2)3)11-16-19(17,18)15-9-7-13(4)8-10-15/h1,7-10,12,14,16H,6,11H2,2-4H3. The number of hydrogen-bond acceptors (Lipinski definition) is 2. The molecule has 1 aromatic carbocycles. The summed E-state index contributed by atoms with van der Waals surface area (Å²) < 4.78 is 26.9. The SMILES string of the molecule is C#CCC(CNS(=O)(=O)c1ccc(C)cc1)C(C)C. The van der Waals surface area contributed by atoms with Crippen molar-refractivity contribution in [2.24, 2.45) is 11.8 Å². The zero-order chi connectivity index (χ0) is 14.5. The molecule has 0 aliphatic rings. The lowest BCUT2D eigenvalue weighted by molar-refractivity contribution is 0.390. The molecule has 0 spiro atoms. The average Bonchev–Trinajstić information content (AvgIpc) is 2.34. The molecule has 0 saturated carbocycles. The highest BCUT2D eigenvalue weighted by Gasteiger charge is 2.18. The van der Waals surface area contributed by atoms with Crippen molar-refractivity contribution in [3.8, 4) is 12.3 Å². The summed E-state index contributed by atoms with van der Waals surface area (Å²) in [6.07, 6.45) is 5.88. The minimum Gasteiger partial charge on any atom is -0.211 e. The molecular weight excluding hydrogens is 258 g/mol. The van der Waals surface area contributed by atoms with Gasteiger partial charge in [0.05, 0.1) is 4.90 Å². The molecule has 19 heavy (non-hydrogen) atoms. The Labute approximate surface area is 116 Å². The second-order valence-electron chi connectivity index (χ2n) is 5.08. The second-order valence-corrected chi connectivity index (χ2v) is 6.84. The van der Waals surface area contributed by atoms with Crippen LogP contribution in [0.1, 0.15) is 25.8 Å². The topological polar surface area (TPSA) is 46.2 Å². The Morgan fingerprint density at radius 2 is 1.84 bits per heavy atom. The summed E-state index contributed by atoms with van der Waals surface area (Å²) in [6.45, 7) is 6.38. The quantitative estimate of drug-likeness (QED) is 0.814. The Balaban J connectivity index is 2.75. The van der Waals surface area contributed by atoms with Crippen LogP contribution in [0.2, 0.25) is 0 Å². The van der Waals surface area contributed by atoms with Gasteiger partial charge in [0.25, 0.3) is 0 Å². The van der Waals surface area contributed by atoms with Gasteiger partial charge in [-0.15, -0.1) is 12.3 Å². The van der Waals surface area contributed by atoms with Crippen LogP contribution in [0.25, 0.3) is 0 Å². The van der Waals surface area contributed by atoms with E-state index in [0.29, 0.717) is 23.8 Å². The van der Waals surface area contributed by atoms with Crippen molar-refractivity contribution in [2.75, 3.05) is 6.54 Å². The normalized spacial score (nSPS) is 13.2. The summed E-state index contributed by atoms with van der Waals surface area (Å²) in [5.74, 6) is 3.10. The number of nitrogens with one attached hydrogen (secondary N) is 1. The van der Waals surface area contributed by atoms with E-state index in [-0.39, 0.29) is 5.92 Å². The van der Waals surface area contributed by atoms with Gasteiger partial charge >= 0.3 is 0 Å². The summed E-state index contributed by atoms with van der Waals surface area (Å²) in [5.41, 5.74) is 1.03. The maximum Gasteiger partial charge on any atom is 0.240 e. The molecular formula is C15H21NO2S. The fourth-order valence-corrected chi connectivity index (χ4v) is 2.81. The van der Waals surface area contributed by atoms with Crippen LogP contribution < -0.4 is 4.72 Å². The number of benzene rings is 1. The third-order valence-electron chi connectivity index (χ3n) is 3.19. The van der Waals surface area contributed by atoms with E-state index in [1.165, 1.54) is 0 Å². The van der Waals surface area contributed by atoms with Crippen LogP contribution in [-0.4, -0.2) is 15.0 Å². The average molecular weight is 279 g/mol. The molecule has 0 aliphatic heterocycles. The van der Waals surface area contributed by atoms with Gasteiger partial charge in [-0.3, -0.25) is 0 Å². The van der Waals surface area contributed by atoms with Gasteiger partial charge in [-0.1, -0.05) is 31.5 Å². The van der Waals surface area contributed by atoms with Crippen LogP contribution in [0.5, 0.6) is 0 Å². The zero-order valence-corrected chi connectivity index (χ0v) is 12.5. The van der Waals surface area contributed by atoms with Crippen molar-refractivity contribution >= 4 is 10.0 Å². The summed E-state index contributed by atoms with van der Waals surface area (Å²) in [6, 6.07) is 6.80. The summed E-state index contributed by atoms with van der Waals surface area (Å²) in [7, 11) is -3.44. The van der Waals surface area contributed by atoms with Gasteiger partial charge in [0.2, 0.25) is 10.0 Å². The van der Waals surface area contributed by atoms with Crippen LogP contribution in [0.4, 0.5) is 0 Å². The van der Waals surface area contributed by atoms with Crippen molar-refractivity contribution in [2.45, 2.75) is 32.1 Å². The molecule has 1 aromatic rings. The third kappa shape index (κ3) is 4.70. The van der Waals surface area contributed by atoms with E-state index in [1.807, 2.05) is 20.8 Å². The smallest absolute Gasteiger partial charge is 0.211 e. The molecule has 104 valence electrons. The highest BCUT2D eigenvalue weighted by Crippen LogP contribution is 2.15. The number of hydrogen-bond donors (Lipinski definition) is 1. The number of aryl methyl sites for hydroxylation is 1. The van der Waals surface area contributed by atoms with E-state index in [4.69, 9.17) is 6.42 Å². The number of rotatable bonds is 6. The monoisotopic (exact) mass is 279 g/mol. The lowest BCUT2D eigenvalue weighted by Gasteiger charge is -2.19. The van der Waals surface area contributed by atoms with Crippen molar-refractivity contribution in [1.29, 1.82) is 0 Å². The maximum atomic E-state index is 12.1. The Kier molecular flexibility index (Phi) is 5.59. The first-order chi connectivity index (χ1) is 8.86. The van der Waals surface area contributed by atoms with E-state index >= 15 is 0 Å². The van der Waals surface area contributed by atoms with E-state index in [1.54, 1.807) is 24.3 Å². The highest BCUT2D eigenvalue weighted by atomic mass is 32.2. The molecule has 0 radical (unpaired) electrons. The van der Waals surface area contributed by atoms with Gasteiger partial charge in [-0.05, 0) is 30.9 Å². The fraction of sp³-hybridized carbons (Fsp3) is 0.467. The highest BCUT2D eigenvalue weighted by molar-refractivity contribution is 7.89. The fourth-order valence-electron chi connectivity index (χ4n) is 1.71. The third-order valence-corrected chi connectivity index (χ3v) is 4.63. The summed E-state index contributed by atoms with van der Waals surface area (Å²) in [4.78, 5) is 0.293. The number of sulfonamides is 1. The van der Waals surface area contributed by atoms with Crippen LogP contribution in [0, 0.1) is 31.1 Å². The minimum atomic E-state index is -3.44. The van der Waals surface area contributed by atoms with Crippen LogP contribution in [0.3, 0.4) is 0 Å². The van der Waals surface area contributed by atoms with Gasteiger partial charge in [0.1, 0.15) is 0 Å². The Morgan fingerprint density at radius 3 is 2.32 bits per heavy atom. The zero-order valence-electron chi connectivity index (χ0n) is 11.7. The first-order valence-corrected chi connectivity index (χ1v) is 7.85. The van der Waals surface area contributed by atoms with E-state index in [9.17, 15) is 8.42 Å². The van der Waals surface area contributed by atoms with Gasteiger partial charge in [-0.25, -0.2) is 13.1 Å².